The maximum atomic E-state index is 14.6. The topological polar surface area (TPSA) is 139 Å². The number of anilines is 1. The van der Waals surface area contributed by atoms with E-state index in [9.17, 15) is 23.6 Å². The molecular weight excluding hydrogens is 479 g/mol. The van der Waals surface area contributed by atoms with Gasteiger partial charge in [-0.1, -0.05) is 30.3 Å². The fourth-order valence-electron chi connectivity index (χ4n) is 4.04. The van der Waals surface area contributed by atoms with Gasteiger partial charge in [0.25, 0.3) is 17.7 Å². The fraction of sp³-hybridized carbons (Fsp3) is 0.0769. The molecule has 2 aromatic heterocycles. The zero-order valence-electron chi connectivity index (χ0n) is 19.7. The number of imide groups is 1. The second-order valence-corrected chi connectivity index (χ2v) is 8.42. The van der Waals surface area contributed by atoms with Crippen LogP contribution < -0.4 is 11.1 Å². The number of aliphatic imine (C=N–C) groups is 1. The summed E-state index contributed by atoms with van der Waals surface area (Å²) in [4.78, 5) is 57.5. The molecule has 5 rings (SSSR count). The van der Waals surface area contributed by atoms with Crippen LogP contribution in [0.2, 0.25) is 0 Å². The van der Waals surface area contributed by atoms with Crippen molar-refractivity contribution < 1.29 is 23.6 Å². The van der Waals surface area contributed by atoms with E-state index in [-0.39, 0.29) is 22.7 Å². The number of fused-ring (bicyclic) bond motifs is 1. The number of aryl methyl sites for hydroxylation is 1. The first-order valence-corrected chi connectivity index (χ1v) is 11.0. The molecule has 37 heavy (non-hydrogen) atoms. The van der Waals surface area contributed by atoms with Gasteiger partial charge in [0, 0.05) is 30.6 Å². The molecule has 3 N–H and O–H groups in total. The van der Waals surface area contributed by atoms with Crippen molar-refractivity contribution in [3.8, 4) is 11.1 Å². The van der Waals surface area contributed by atoms with Crippen LogP contribution in [-0.4, -0.2) is 50.8 Å². The van der Waals surface area contributed by atoms with Gasteiger partial charge >= 0.3 is 6.03 Å². The fourth-order valence-corrected chi connectivity index (χ4v) is 4.04. The standard InChI is InChI=1S/C26H19FN6O4/c1-13-11-33-12-16(14-6-8-15(9-7-14)21-25(36)32(2)26(37)31-21)10-19(33)22(29-13)24(35)30-18-5-3-4-17(20(18)27)23(28)34/h3-12H,1-2H3,(H2,28,34)(H,30,35). The first-order chi connectivity index (χ1) is 17.6. The number of hydrogen-bond donors (Lipinski definition) is 2. The van der Waals surface area contributed by atoms with Crippen LogP contribution in [0.1, 0.15) is 32.1 Å². The first-order valence-electron chi connectivity index (χ1n) is 11.0. The van der Waals surface area contributed by atoms with E-state index < -0.39 is 29.6 Å². The van der Waals surface area contributed by atoms with E-state index in [1.165, 1.54) is 25.2 Å². The second-order valence-electron chi connectivity index (χ2n) is 8.42. The first kappa shape index (κ1) is 23.5. The monoisotopic (exact) mass is 498 g/mol. The summed E-state index contributed by atoms with van der Waals surface area (Å²) >= 11 is 0. The third-order valence-electron chi connectivity index (χ3n) is 5.93. The van der Waals surface area contributed by atoms with Crippen molar-refractivity contribution in [2.45, 2.75) is 6.92 Å². The molecule has 2 aromatic carbocycles. The Morgan fingerprint density at radius 1 is 1.00 bits per heavy atom. The van der Waals surface area contributed by atoms with Crippen molar-refractivity contribution in [2.75, 3.05) is 12.4 Å². The van der Waals surface area contributed by atoms with Crippen LogP contribution in [0.25, 0.3) is 16.6 Å². The Morgan fingerprint density at radius 3 is 2.35 bits per heavy atom. The summed E-state index contributed by atoms with van der Waals surface area (Å²) in [5.41, 5.74) is 7.85. The zero-order valence-corrected chi connectivity index (χ0v) is 19.7. The number of primary amides is 1. The van der Waals surface area contributed by atoms with Crippen LogP contribution in [-0.2, 0) is 4.79 Å². The van der Waals surface area contributed by atoms with Gasteiger partial charge in [-0.2, -0.15) is 4.99 Å². The van der Waals surface area contributed by atoms with Gasteiger partial charge in [-0.15, -0.1) is 0 Å². The summed E-state index contributed by atoms with van der Waals surface area (Å²) in [5, 5.41) is 2.47. The molecule has 0 fully saturated rings. The van der Waals surface area contributed by atoms with Crippen molar-refractivity contribution >= 4 is 40.7 Å². The minimum atomic E-state index is -0.949. The number of nitrogens with zero attached hydrogens (tertiary/aromatic N) is 4. The number of nitrogens with one attached hydrogen (secondary N) is 1. The number of likely N-dealkylation sites (N-methyl/N-ethyl adjacent to an activating group) is 1. The average molecular weight is 498 g/mol. The van der Waals surface area contributed by atoms with E-state index in [1.54, 1.807) is 54.0 Å². The maximum Gasteiger partial charge on any atom is 0.351 e. The zero-order chi connectivity index (χ0) is 26.4. The summed E-state index contributed by atoms with van der Waals surface area (Å²) in [5.74, 6) is -3.01. The normalized spacial score (nSPS) is 13.3. The Hall–Kier alpha value is -5.19. The molecule has 0 radical (unpaired) electrons. The highest BCUT2D eigenvalue weighted by molar-refractivity contribution is 6.51. The van der Waals surface area contributed by atoms with Crippen molar-refractivity contribution in [3.63, 3.8) is 0 Å². The molecule has 10 nitrogen and oxygen atoms in total. The SMILES string of the molecule is Cc1cn2cc(-c3ccc(C4=NC(=O)N(C)C4=O)cc3)cc2c(C(=O)Nc2cccc(C(N)=O)c2F)n1. The van der Waals surface area contributed by atoms with Gasteiger partial charge in [0.05, 0.1) is 22.5 Å². The Morgan fingerprint density at radius 2 is 1.70 bits per heavy atom. The third-order valence-corrected chi connectivity index (χ3v) is 5.93. The molecule has 184 valence electrons. The van der Waals surface area contributed by atoms with Gasteiger partial charge < -0.3 is 15.5 Å². The van der Waals surface area contributed by atoms with Crippen molar-refractivity contribution in [1.29, 1.82) is 0 Å². The lowest BCUT2D eigenvalue weighted by atomic mass is 10.0. The number of carbonyl (C=O) groups is 4. The number of benzene rings is 2. The lowest BCUT2D eigenvalue weighted by Gasteiger charge is -2.09. The van der Waals surface area contributed by atoms with E-state index in [0.717, 1.165) is 16.0 Å². The van der Waals surface area contributed by atoms with E-state index in [2.05, 4.69) is 15.3 Å². The smallest absolute Gasteiger partial charge is 0.351 e. The predicted octanol–water partition coefficient (Wildman–Crippen LogP) is 3.18. The molecule has 1 aliphatic rings. The Balaban J connectivity index is 1.48. The van der Waals surface area contributed by atoms with E-state index in [1.807, 2.05) is 0 Å². The maximum absolute atomic E-state index is 14.6. The summed E-state index contributed by atoms with van der Waals surface area (Å²) < 4.78 is 16.4. The number of halogens is 1. The van der Waals surface area contributed by atoms with Crippen LogP contribution in [0.15, 0.2) is 65.9 Å². The molecule has 0 unspecified atom stereocenters. The van der Waals surface area contributed by atoms with Crippen LogP contribution in [0.5, 0.6) is 0 Å². The Labute approximate surface area is 209 Å². The van der Waals surface area contributed by atoms with Gasteiger partial charge in [0.2, 0.25) is 0 Å². The minimum Gasteiger partial charge on any atom is -0.366 e. The number of aromatic nitrogens is 2. The van der Waals surface area contributed by atoms with Gasteiger partial charge in [-0.25, -0.2) is 14.2 Å². The summed E-state index contributed by atoms with van der Waals surface area (Å²) in [7, 11) is 1.37. The molecule has 4 aromatic rings. The van der Waals surface area contributed by atoms with Crippen molar-refractivity contribution in [1.82, 2.24) is 14.3 Å². The lowest BCUT2D eigenvalue weighted by Crippen LogP contribution is -2.28. The second kappa shape index (κ2) is 8.79. The van der Waals surface area contributed by atoms with Crippen LogP contribution in [0, 0.1) is 12.7 Å². The molecule has 0 spiro atoms. The molecule has 0 atom stereocenters. The molecule has 5 amide bonds. The largest absolute Gasteiger partial charge is 0.366 e. The highest BCUT2D eigenvalue weighted by Crippen LogP contribution is 2.26. The molecule has 11 heteroatoms. The number of urea groups is 1. The van der Waals surface area contributed by atoms with E-state index in [4.69, 9.17) is 5.73 Å². The van der Waals surface area contributed by atoms with Crippen LogP contribution in [0.4, 0.5) is 14.9 Å². The van der Waals surface area contributed by atoms with Gasteiger partial charge in [0.1, 0.15) is 5.71 Å². The van der Waals surface area contributed by atoms with Gasteiger partial charge in [0.15, 0.2) is 11.5 Å². The van der Waals surface area contributed by atoms with Gasteiger partial charge in [-0.05, 0) is 30.7 Å². The highest BCUT2D eigenvalue weighted by atomic mass is 19.1. The predicted molar refractivity (Wildman–Crippen MR) is 133 cm³/mol. The summed E-state index contributed by atoms with van der Waals surface area (Å²) in [6.45, 7) is 1.72. The van der Waals surface area contributed by atoms with Crippen LogP contribution >= 0.6 is 0 Å². The van der Waals surface area contributed by atoms with Crippen LogP contribution in [0.3, 0.4) is 0 Å². The molecule has 0 bridgehead atoms. The molecule has 0 saturated carbocycles. The quantitative estimate of drug-likeness (QED) is 0.435. The average Bonchev–Trinajstić information content (AvgIpc) is 3.41. The number of amides is 5. The molecule has 0 saturated heterocycles. The molecular formula is C26H19FN6O4. The van der Waals surface area contributed by atoms with E-state index in [0.29, 0.717) is 16.8 Å². The molecule has 1 aliphatic heterocycles. The lowest BCUT2D eigenvalue weighted by molar-refractivity contribution is -0.119. The third kappa shape index (κ3) is 4.12. The summed E-state index contributed by atoms with van der Waals surface area (Å²) in [6.07, 6.45) is 3.55. The van der Waals surface area contributed by atoms with Crippen molar-refractivity contribution in [2.24, 2.45) is 10.7 Å². The summed E-state index contributed by atoms with van der Waals surface area (Å²) in [6, 6.07) is 12.0. The van der Waals surface area contributed by atoms with Crippen molar-refractivity contribution in [3.05, 3.63) is 89.3 Å². The Bertz CT molecular complexity index is 1670. The van der Waals surface area contributed by atoms with Gasteiger partial charge in [-0.3, -0.25) is 19.3 Å². The number of carbonyl (C=O) groups excluding carboxylic acids is 4. The number of rotatable bonds is 5. The Kier molecular flexibility index (Phi) is 5.59. The molecule has 0 aliphatic carbocycles. The number of nitrogens with two attached hydrogens (primary N) is 1. The highest BCUT2D eigenvalue weighted by Gasteiger charge is 2.30. The number of hydrogen-bond acceptors (Lipinski definition) is 5. The van der Waals surface area contributed by atoms with E-state index >= 15 is 0 Å². The minimum absolute atomic E-state index is 0.0548. The molecule has 3 heterocycles.